The monoisotopic (exact) mass is 451 g/mol. The third-order valence-corrected chi connectivity index (χ3v) is 6.37. The van der Waals surface area contributed by atoms with Gasteiger partial charge in [0.2, 0.25) is 5.91 Å². The predicted molar refractivity (Wildman–Crippen MR) is 131 cm³/mol. The molecule has 1 N–H and O–H groups in total. The van der Waals surface area contributed by atoms with Gasteiger partial charge in [-0.3, -0.25) is 9.69 Å². The van der Waals surface area contributed by atoms with Crippen molar-refractivity contribution in [1.29, 1.82) is 0 Å². The largest absolute Gasteiger partial charge is 0.486 e. The van der Waals surface area contributed by atoms with Gasteiger partial charge in [-0.25, -0.2) is 4.98 Å². The quantitative estimate of drug-likeness (QED) is 0.436. The molecular weight excluding hydrogens is 418 g/mol. The Hall–Kier alpha value is -2.70. The molecule has 2 aromatic carbocycles. The number of hydrogen-bond donors (Lipinski definition) is 1. The molecule has 0 saturated carbocycles. The number of nitrogens with one attached hydrogen (secondary N) is 1. The van der Waals surface area contributed by atoms with Crippen LogP contribution in [0.4, 0.5) is 0 Å². The molecule has 1 amide bonds. The maximum absolute atomic E-state index is 12.6. The van der Waals surface area contributed by atoms with Gasteiger partial charge in [-0.2, -0.15) is 0 Å². The van der Waals surface area contributed by atoms with Crippen molar-refractivity contribution in [2.45, 2.75) is 46.3 Å². The number of amides is 1. The van der Waals surface area contributed by atoms with Crippen LogP contribution in [0.5, 0.6) is 5.75 Å². The van der Waals surface area contributed by atoms with Gasteiger partial charge in [0.15, 0.2) is 0 Å². The fourth-order valence-corrected chi connectivity index (χ4v) is 4.40. The summed E-state index contributed by atoms with van der Waals surface area (Å²) in [6.45, 7) is 9.34. The predicted octanol–water partition coefficient (Wildman–Crippen LogP) is 4.64. The summed E-state index contributed by atoms with van der Waals surface area (Å²) in [5, 5.41) is 5.94. The van der Waals surface area contributed by atoms with Gasteiger partial charge in [0, 0.05) is 18.0 Å². The van der Waals surface area contributed by atoms with E-state index in [9.17, 15) is 4.79 Å². The summed E-state index contributed by atoms with van der Waals surface area (Å²) >= 11 is 1.53. The number of hydrogen-bond acceptors (Lipinski definition) is 5. The van der Waals surface area contributed by atoms with Crippen molar-refractivity contribution in [3.63, 3.8) is 0 Å². The Morgan fingerprint density at radius 2 is 1.81 bits per heavy atom. The number of benzene rings is 2. The van der Waals surface area contributed by atoms with E-state index < -0.39 is 0 Å². The summed E-state index contributed by atoms with van der Waals surface area (Å²) in [6, 6.07) is 18.7. The zero-order valence-electron chi connectivity index (χ0n) is 19.2. The summed E-state index contributed by atoms with van der Waals surface area (Å²) in [5.41, 5.74) is 3.28. The molecule has 0 aliphatic carbocycles. The maximum Gasteiger partial charge on any atom is 0.226 e. The van der Waals surface area contributed by atoms with Crippen LogP contribution in [0.1, 0.15) is 35.7 Å². The topological polar surface area (TPSA) is 54.5 Å². The van der Waals surface area contributed by atoms with Crippen LogP contribution in [0.15, 0.2) is 60.0 Å². The lowest BCUT2D eigenvalue weighted by atomic mass is 10.0. The number of carbonyl (C=O) groups excluding carboxylic acids is 1. The van der Waals surface area contributed by atoms with Crippen LogP contribution < -0.4 is 10.1 Å². The number of aromatic nitrogens is 1. The van der Waals surface area contributed by atoms with Gasteiger partial charge in [0.05, 0.1) is 12.1 Å². The molecular formula is C26H33N3O2S. The zero-order chi connectivity index (χ0) is 22.8. The van der Waals surface area contributed by atoms with E-state index in [4.69, 9.17) is 4.74 Å². The highest BCUT2D eigenvalue weighted by Crippen LogP contribution is 2.16. The van der Waals surface area contributed by atoms with Crippen LogP contribution >= 0.6 is 11.3 Å². The Labute approximate surface area is 195 Å². The summed E-state index contributed by atoms with van der Waals surface area (Å²) in [7, 11) is 0. The third-order valence-electron chi connectivity index (χ3n) is 5.50. The fraction of sp³-hybridized carbons (Fsp3) is 0.385. The van der Waals surface area contributed by atoms with Crippen LogP contribution in [0.2, 0.25) is 0 Å². The normalized spacial score (nSPS) is 12.0. The van der Waals surface area contributed by atoms with Crippen LogP contribution in [0.25, 0.3) is 0 Å². The zero-order valence-corrected chi connectivity index (χ0v) is 20.0. The molecule has 0 aliphatic heterocycles. The lowest BCUT2D eigenvalue weighted by Gasteiger charge is -2.30. The van der Waals surface area contributed by atoms with Crippen molar-refractivity contribution in [2.24, 2.45) is 0 Å². The molecule has 1 aromatic heterocycles. The molecule has 0 saturated heterocycles. The van der Waals surface area contributed by atoms with Gasteiger partial charge in [-0.05, 0) is 44.1 Å². The summed E-state index contributed by atoms with van der Waals surface area (Å²) in [4.78, 5) is 19.6. The summed E-state index contributed by atoms with van der Waals surface area (Å²) in [6.07, 6.45) is 1.21. The molecule has 5 nitrogen and oxygen atoms in total. The molecule has 0 aliphatic rings. The van der Waals surface area contributed by atoms with Crippen molar-refractivity contribution >= 4 is 17.2 Å². The van der Waals surface area contributed by atoms with Gasteiger partial charge in [-0.15, -0.1) is 11.3 Å². The van der Waals surface area contributed by atoms with E-state index in [1.807, 2.05) is 42.6 Å². The first-order valence-corrected chi connectivity index (χ1v) is 12.1. The number of ether oxygens (including phenoxy) is 1. The SMILES string of the molecule is CCN(CC)C(CNC(=O)Cc1csc(COc2ccc(C)cc2)n1)Cc1ccccc1. The van der Waals surface area contributed by atoms with E-state index in [1.54, 1.807) is 0 Å². The minimum atomic E-state index is 0.00604. The highest BCUT2D eigenvalue weighted by molar-refractivity contribution is 7.09. The molecule has 1 unspecified atom stereocenters. The van der Waals surface area contributed by atoms with E-state index in [0.29, 0.717) is 13.2 Å². The Balaban J connectivity index is 1.49. The lowest BCUT2D eigenvalue weighted by Crippen LogP contribution is -2.45. The van der Waals surface area contributed by atoms with Gasteiger partial charge in [-0.1, -0.05) is 61.9 Å². The lowest BCUT2D eigenvalue weighted by molar-refractivity contribution is -0.120. The molecule has 3 rings (SSSR count). The highest BCUT2D eigenvalue weighted by atomic mass is 32.1. The third kappa shape index (κ3) is 7.46. The Bertz CT molecular complexity index is 953. The average molecular weight is 452 g/mol. The van der Waals surface area contributed by atoms with Crippen molar-refractivity contribution in [3.05, 3.63) is 81.8 Å². The minimum absolute atomic E-state index is 0.00604. The first-order valence-electron chi connectivity index (χ1n) is 11.2. The Morgan fingerprint density at radius 3 is 2.50 bits per heavy atom. The van der Waals surface area contributed by atoms with Crippen molar-refractivity contribution in [1.82, 2.24) is 15.2 Å². The number of carbonyl (C=O) groups is 1. The number of thiazole rings is 1. The summed E-state index contributed by atoms with van der Waals surface area (Å²) < 4.78 is 5.79. The van der Waals surface area contributed by atoms with E-state index in [1.165, 1.54) is 22.5 Å². The van der Waals surface area contributed by atoms with E-state index in [0.717, 1.165) is 36.0 Å². The molecule has 32 heavy (non-hydrogen) atoms. The van der Waals surface area contributed by atoms with Gasteiger partial charge >= 0.3 is 0 Å². The van der Waals surface area contributed by atoms with E-state index in [-0.39, 0.29) is 18.4 Å². The Kier molecular flexibility index (Phi) is 9.26. The molecule has 0 bridgehead atoms. The van der Waals surface area contributed by atoms with Crippen LogP contribution in [-0.2, 0) is 24.2 Å². The van der Waals surface area contributed by atoms with Crippen molar-refractivity contribution < 1.29 is 9.53 Å². The number of nitrogens with zero attached hydrogens (tertiary/aromatic N) is 2. The van der Waals surface area contributed by atoms with E-state index in [2.05, 4.69) is 53.3 Å². The second kappa shape index (κ2) is 12.4. The van der Waals surface area contributed by atoms with Crippen LogP contribution in [0.3, 0.4) is 0 Å². The fourth-order valence-electron chi connectivity index (χ4n) is 3.69. The Morgan fingerprint density at radius 1 is 1.09 bits per heavy atom. The van der Waals surface area contributed by atoms with Crippen LogP contribution in [-0.4, -0.2) is 41.5 Å². The second-order valence-corrected chi connectivity index (χ2v) is 8.82. The first-order chi connectivity index (χ1) is 15.6. The highest BCUT2D eigenvalue weighted by Gasteiger charge is 2.18. The smallest absolute Gasteiger partial charge is 0.226 e. The first kappa shape index (κ1) is 24.0. The maximum atomic E-state index is 12.6. The standard InChI is InChI=1S/C26H33N3O2S/c1-4-29(5-2)23(15-21-9-7-6-8-10-21)17-27-25(30)16-22-19-32-26(28-22)18-31-24-13-11-20(3)12-14-24/h6-14,19,23H,4-5,15-18H2,1-3H3,(H,27,30). The molecule has 0 radical (unpaired) electrons. The number of likely N-dealkylation sites (N-methyl/N-ethyl adjacent to an activating group) is 1. The average Bonchev–Trinajstić information content (AvgIpc) is 3.25. The molecule has 6 heteroatoms. The number of aryl methyl sites for hydroxylation is 1. The minimum Gasteiger partial charge on any atom is -0.486 e. The molecule has 1 heterocycles. The molecule has 170 valence electrons. The van der Waals surface area contributed by atoms with Crippen molar-refractivity contribution in [2.75, 3.05) is 19.6 Å². The molecule has 1 atom stereocenters. The molecule has 0 fully saturated rings. The second-order valence-electron chi connectivity index (χ2n) is 7.88. The number of rotatable bonds is 12. The molecule has 0 spiro atoms. The van der Waals surface area contributed by atoms with E-state index >= 15 is 0 Å². The summed E-state index contributed by atoms with van der Waals surface area (Å²) in [5.74, 6) is 0.831. The van der Waals surface area contributed by atoms with Gasteiger partial charge in [0.1, 0.15) is 17.4 Å². The van der Waals surface area contributed by atoms with Crippen LogP contribution in [0, 0.1) is 6.92 Å². The van der Waals surface area contributed by atoms with Gasteiger partial charge < -0.3 is 10.1 Å². The van der Waals surface area contributed by atoms with Gasteiger partial charge in [0.25, 0.3) is 0 Å². The van der Waals surface area contributed by atoms with Crippen molar-refractivity contribution in [3.8, 4) is 5.75 Å². The molecule has 3 aromatic rings.